The molecule has 1 aromatic carbocycles. The minimum Gasteiger partial charge on any atom is -0.381 e. The van der Waals surface area contributed by atoms with Crippen LogP contribution >= 0.6 is 15.9 Å². The lowest BCUT2D eigenvalue weighted by Crippen LogP contribution is -2.21. The second-order valence-electron chi connectivity index (χ2n) is 5.78. The molecule has 0 unspecified atom stereocenters. The number of benzene rings is 1. The normalized spacial score (nSPS) is 11.6. The Morgan fingerprint density at radius 1 is 1.32 bits per heavy atom. The van der Waals surface area contributed by atoms with E-state index < -0.39 is 0 Å². The Morgan fingerprint density at radius 2 is 2.05 bits per heavy atom. The van der Waals surface area contributed by atoms with Crippen LogP contribution in [0.5, 0.6) is 0 Å². The zero-order chi connectivity index (χ0) is 14.0. The standard InChI is InChI=1S/C15H20BrN3/c1-11-5-6-13(16)7-14(11)17-8-12-9-18-19(10-12)15(2,3)4/h5-7,9-10,17H,8H2,1-4H3. The third-order valence-corrected chi connectivity index (χ3v) is 3.50. The van der Waals surface area contributed by atoms with Gasteiger partial charge < -0.3 is 5.32 Å². The largest absolute Gasteiger partial charge is 0.381 e. The maximum Gasteiger partial charge on any atom is 0.0543 e. The highest BCUT2D eigenvalue weighted by Gasteiger charge is 2.13. The van der Waals surface area contributed by atoms with Crippen molar-refractivity contribution in [3.05, 3.63) is 46.2 Å². The van der Waals surface area contributed by atoms with Gasteiger partial charge in [-0.25, -0.2) is 0 Å². The molecule has 1 heterocycles. The molecule has 0 spiro atoms. The van der Waals surface area contributed by atoms with Crippen LogP contribution in [-0.2, 0) is 12.1 Å². The molecule has 2 aromatic rings. The van der Waals surface area contributed by atoms with Gasteiger partial charge in [-0.15, -0.1) is 0 Å². The fourth-order valence-electron chi connectivity index (χ4n) is 1.80. The van der Waals surface area contributed by atoms with Gasteiger partial charge in [-0.05, 0) is 45.4 Å². The van der Waals surface area contributed by atoms with E-state index in [9.17, 15) is 0 Å². The van der Waals surface area contributed by atoms with Gasteiger partial charge >= 0.3 is 0 Å². The van der Waals surface area contributed by atoms with Gasteiger partial charge in [0, 0.05) is 28.5 Å². The quantitative estimate of drug-likeness (QED) is 0.912. The molecule has 1 N–H and O–H groups in total. The van der Waals surface area contributed by atoms with Crippen molar-refractivity contribution in [2.75, 3.05) is 5.32 Å². The van der Waals surface area contributed by atoms with Gasteiger partial charge in [0.05, 0.1) is 11.7 Å². The first-order valence-corrected chi connectivity index (χ1v) is 7.19. The van der Waals surface area contributed by atoms with Gasteiger partial charge in [-0.2, -0.15) is 5.10 Å². The molecular formula is C15H20BrN3. The molecule has 102 valence electrons. The minimum absolute atomic E-state index is 0.0317. The zero-order valence-electron chi connectivity index (χ0n) is 11.9. The summed E-state index contributed by atoms with van der Waals surface area (Å²) >= 11 is 3.50. The van der Waals surface area contributed by atoms with E-state index in [1.807, 2.05) is 10.9 Å². The molecule has 0 atom stereocenters. The van der Waals surface area contributed by atoms with Crippen molar-refractivity contribution in [2.45, 2.75) is 39.8 Å². The van der Waals surface area contributed by atoms with E-state index in [1.165, 1.54) is 11.1 Å². The van der Waals surface area contributed by atoms with Crippen LogP contribution in [0, 0.1) is 6.92 Å². The van der Waals surface area contributed by atoms with Gasteiger partial charge in [0.2, 0.25) is 0 Å². The van der Waals surface area contributed by atoms with Gasteiger partial charge in [0.1, 0.15) is 0 Å². The van der Waals surface area contributed by atoms with Crippen LogP contribution in [0.3, 0.4) is 0 Å². The van der Waals surface area contributed by atoms with Gasteiger partial charge in [0.15, 0.2) is 0 Å². The summed E-state index contributed by atoms with van der Waals surface area (Å²) in [5.74, 6) is 0. The Labute approximate surface area is 123 Å². The molecule has 0 amide bonds. The fourth-order valence-corrected chi connectivity index (χ4v) is 2.16. The first kappa shape index (κ1) is 14.1. The average molecular weight is 322 g/mol. The van der Waals surface area contributed by atoms with Gasteiger partial charge in [0.25, 0.3) is 0 Å². The van der Waals surface area contributed by atoms with Crippen LogP contribution in [0.25, 0.3) is 0 Å². The number of aryl methyl sites for hydroxylation is 1. The van der Waals surface area contributed by atoms with Crippen molar-refractivity contribution in [2.24, 2.45) is 0 Å². The van der Waals surface area contributed by atoms with E-state index in [2.05, 4.69) is 78.4 Å². The maximum atomic E-state index is 4.41. The number of hydrogen-bond donors (Lipinski definition) is 1. The summed E-state index contributed by atoms with van der Waals surface area (Å²) in [6.07, 6.45) is 4.02. The molecule has 0 bridgehead atoms. The van der Waals surface area contributed by atoms with Crippen LogP contribution in [0.4, 0.5) is 5.69 Å². The Bertz CT molecular complexity index is 567. The summed E-state index contributed by atoms with van der Waals surface area (Å²) in [5, 5.41) is 7.86. The van der Waals surface area contributed by atoms with Crippen LogP contribution in [0.2, 0.25) is 0 Å². The SMILES string of the molecule is Cc1ccc(Br)cc1NCc1cnn(C(C)(C)C)c1. The first-order valence-electron chi connectivity index (χ1n) is 6.40. The average Bonchev–Trinajstić information content (AvgIpc) is 2.79. The van der Waals surface area contributed by atoms with Crippen molar-refractivity contribution < 1.29 is 0 Å². The summed E-state index contributed by atoms with van der Waals surface area (Å²) in [4.78, 5) is 0. The predicted molar refractivity (Wildman–Crippen MR) is 83.4 cm³/mol. The molecule has 0 fully saturated rings. The number of nitrogens with zero attached hydrogens (tertiary/aromatic N) is 2. The molecule has 19 heavy (non-hydrogen) atoms. The van der Waals surface area contributed by atoms with E-state index in [1.54, 1.807) is 0 Å². The van der Waals surface area contributed by atoms with Crippen LogP contribution in [0.15, 0.2) is 35.1 Å². The highest BCUT2D eigenvalue weighted by atomic mass is 79.9. The zero-order valence-corrected chi connectivity index (χ0v) is 13.5. The molecule has 2 rings (SSSR count). The Kier molecular flexibility index (Phi) is 3.99. The highest BCUT2D eigenvalue weighted by Crippen LogP contribution is 2.21. The molecule has 0 radical (unpaired) electrons. The van der Waals surface area contributed by atoms with E-state index >= 15 is 0 Å². The third kappa shape index (κ3) is 3.60. The van der Waals surface area contributed by atoms with Gasteiger partial charge in [-0.1, -0.05) is 22.0 Å². The van der Waals surface area contributed by atoms with Gasteiger partial charge in [-0.3, -0.25) is 4.68 Å². The van der Waals surface area contributed by atoms with Crippen molar-refractivity contribution in [3.8, 4) is 0 Å². The summed E-state index contributed by atoms with van der Waals surface area (Å²) in [7, 11) is 0. The van der Waals surface area contributed by atoms with Crippen LogP contribution in [-0.4, -0.2) is 9.78 Å². The van der Waals surface area contributed by atoms with Crippen LogP contribution < -0.4 is 5.32 Å². The lowest BCUT2D eigenvalue weighted by atomic mass is 10.1. The Balaban J connectivity index is 2.06. The van der Waals surface area contributed by atoms with Crippen molar-refractivity contribution in [1.82, 2.24) is 9.78 Å². The van der Waals surface area contributed by atoms with Crippen molar-refractivity contribution in [3.63, 3.8) is 0 Å². The monoisotopic (exact) mass is 321 g/mol. The lowest BCUT2D eigenvalue weighted by molar-refractivity contribution is 0.355. The van der Waals surface area contributed by atoms with E-state index in [0.29, 0.717) is 0 Å². The molecule has 0 aliphatic carbocycles. The summed E-state index contributed by atoms with van der Waals surface area (Å²) in [6, 6.07) is 6.26. The lowest BCUT2D eigenvalue weighted by Gasteiger charge is -2.18. The molecule has 3 nitrogen and oxygen atoms in total. The number of nitrogens with one attached hydrogen (secondary N) is 1. The molecule has 0 saturated heterocycles. The number of hydrogen-bond acceptors (Lipinski definition) is 2. The third-order valence-electron chi connectivity index (χ3n) is 3.01. The second kappa shape index (κ2) is 5.37. The van der Waals surface area contributed by atoms with E-state index in [0.717, 1.165) is 16.7 Å². The number of aromatic nitrogens is 2. The second-order valence-corrected chi connectivity index (χ2v) is 6.69. The molecular weight excluding hydrogens is 302 g/mol. The predicted octanol–water partition coefficient (Wildman–Crippen LogP) is 4.32. The number of anilines is 1. The van der Waals surface area contributed by atoms with E-state index in [4.69, 9.17) is 0 Å². The Hall–Kier alpha value is -1.29. The fraction of sp³-hybridized carbons (Fsp3) is 0.400. The molecule has 0 aliphatic heterocycles. The smallest absolute Gasteiger partial charge is 0.0543 e. The minimum atomic E-state index is 0.0317. The topological polar surface area (TPSA) is 29.9 Å². The first-order chi connectivity index (χ1) is 8.86. The molecule has 1 aromatic heterocycles. The summed E-state index contributed by atoms with van der Waals surface area (Å²) < 4.78 is 3.09. The summed E-state index contributed by atoms with van der Waals surface area (Å²) in [5.41, 5.74) is 3.61. The highest BCUT2D eigenvalue weighted by molar-refractivity contribution is 9.10. The summed E-state index contributed by atoms with van der Waals surface area (Å²) in [6.45, 7) is 9.34. The van der Waals surface area contributed by atoms with Crippen molar-refractivity contribution >= 4 is 21.6 Å². The van der Waals surface area contributed by atoms with E-state index in [-0.39, 0.29) is 5.54 Å². The van der Waals surface area contributed by atoms with Crippen molar-refractivity contribution in [1.29, 1.82) is 0 Å². The number of rotatable bonds is 3. The maximum absolute atomic E-state index is 4.41. The molecule has 4 heteroatoms. The number of halogens is 1. The molecule has 0 aliphatic rings. The van der Waals surface area contributed by atoms with Crippen LogP contribution in [0.1, 0.15) is 31.9 Å². The molecule has 0 saturated carbocycles. The Morgan fingerprint density at radius 3 is 2.68 bits per heavy atom.